The molecular weight excluding hydrogens is 398 g/mol. The van der Waals surface area contributed by atoms with Crippen LogP contribution in [0.3, 0.4) is 0 Å². The molecule has 146 valence electrons. The molecule has 0 unspecified atom stereocenters. The van der Waals surface area contributed by atoms with E-state index in [1.807, 2.05) is 19.9 Å². The number of ether oxygens (including phenoxy) is 1. The van der Waals surface area contributed by atoms with Gasteiger partial charge in [0.15, 0.2) is 0 Å². The van der Waals surface area contributed by atoms with Crippen LogP contribution < -0.4 is 4.90 Å². The molecule has 8 heteroatoms. The van der Waals surface area contributed by atoms with Crippen LogP contribution in [0.4, 0.5) is 5.69 Å². The molecule has 1 amide bonds. The number of benzene rings is 1. The molecule has 0 radical (unpaired) electrons. The van der Waals surface area contributed by atoms with Crippen LogP contribution in [0.15, 0.2) is 35.4 Å². The zero-order valence-corrected chi connectivity index (χ0v) is 17.4. The highest BCUT2D eigenvalue weighted by Crippen LogP contribution is 2.26. The molecule has 0 spiro atoms. The second-order valence-electron chi connectivity index (χ2n) is 5.93. The maximum Gasteiger partial charge on any atom is 0.326 e. The Bertz CT molecular complexity index is 927. The molecule has 2 rings (SSSR count). The van der Waals surface area contributed by atoms with Gasteiger partial charge in [-0.05, 0) is 50.6 Å². The van der Waals surface area contributed by atoms with Crippen molar-refractivity contribution in [2.75, 3.05) is 23.8 Å². The minimum absolute atomic E-state index is 0.0104. The van der Waals surface area contributed by atoms with Crippen LogP contribution in [0.25, 0.3) is 0 Å². The molecule has 0 aliphatic heterocycles. The van der Waals surface area contributed by atoms with Crippen molar-refractivity contribution in [1.29, 1.82) is 5.26 Å². The van der Waals surface area contributed by atoms with Crippen molar-refractivity contribution in [3.63, 3.8) is 0 Å². The summed E-state index contributed by atoms with van der Waals surface area (Å²) in [5.41, 5.74) is 2.52. The predicted molar refractivity (Wildman–Crippen MR) is 110 cm³/mol. The molecule has 0 N–H and O–H groups in total. The Balaban J connectivity index is 2.24. The Morgan fingerprint density at radius 1 is 1.32 bits per heavy atom. The Morgan fingerprint density at radius 2 is 2.07 bits per heavy atom. The van der Waals surface area contributed by atoms with Crippen LogP contribution in [-0.4, -0.2) is 35.8 Å². The minimum Gasteiger partial charge on any atom is -0.465 e. The Labute approximate surface area is 173 Å². The van der Waals surface area contributed by atoms with Crippen molar-refractivity contribution in [3.8, 4) is 6.07 Å². The number of nitriles is 1. The van der Waals surface area contributed by atoms with Gasteiger partial charge in [-0.25, -0.2) is 4.98 Å². The summed E-state index contributed by atoms with van der Waals surface area (Å²) in [7, 11) is 0. The van der Waals surface area contributed by atoms with Crippen LogP contribution in [0.1, 0.15) is 23.7 Å². The molecule has 0 aliphatic rings. The Morgan fingerprint density at radius 3 is 2.71 bits per heavy atom. The monoisotopic (exact) mass is 417 g/mol. The number of nitrogens with zero attached hydrogens (tertiary/aromatic N) is 3. The van der Waals surface area contributed by atoms with Gasteiger partial charge in [0.2, 0.25) is 5.91 Å². The first-order valence-electron chi connectivity index (χ1n) is 8.58. The number of esters is 1. The number of halogens is 1. The third-order valence-corrected chi connectivity index (χ3v) is 4.96. The summed E-state index contributed by atoms with van der Waals surface area (Å²) < 4.78 is 4.98. The lowest BCUT2D eigenvalue weighted by Gasteiger charge is -2.22. The molecule has 0 atom stereocenters. The van der Waals surface area contributed by atoms with Gasteiger partial charge in [0, 0.05) is 16.4 Å². The average Bonchev–Trinajstić information content (AvgIpc) is 2.64. The third-order valence-electron chi connectivity index (χ3n) is 3.77. The van der Waals surface area contributed by atoms with Gasteiger partial charge < -0.3 is 9.64 Å². The Hall–Kier alpha value is -2.56. The lowest BCUT2D eigenvalue weighted by atomic mass is 10.1. The highest BCUT2D eigenvalue weighted by molar-refractivity contribution is 8.00. The van der Waals surface area contributed by atoms with E-state index in [2.05, 4.69) is 11.1 Å². The topological polar surface area (TPSA) is 83.3 Å². The highest BCUT2D eigenvalue weighted by Gasteiger charge is 2.21. The molecule has 0 saturated carbocycles. The average molecular weight is 418 g/mol. The van der Waals surface area contributed by atoms with E-state index in [-0.39, 0.29) is 24.8 Å². The third kappa shape index (κ3) is 5.72. The fraction of sp³-hybridized carbons (Fsp3) is 0.300. The quantitative estimate of drug-likeness (QED) is 0.501. The molecule has 2 aromatic rings. The number of amides is 1. The fourth-order valence-electron chi connectivity index (χ4n) is 2.55. The van der Waals surface area contributed by atoms with Gasteiger partial charge in [0.1, 0.15) is 17.6 Å². The van der Waals surface area contributed by atoms with Crippen molar-refractivity contribution in [3.05, 3.63) is 52.2 Å². The van der Waals surface area contributed by atoms with Crippen molar-refractivity contribution < 1.29 is 14.3 Å². The number of hydrogen-bond donors (Lipinski definition) is 0. The molecule has 6 nitrogen and oxygen atoms in total. The molecule has 0 aliphatic carbocycles. The molecule has 1 aromatic heterocycles. The highest BCUT2D eigenvalue weighted by atomic mass is 35.5. The summed E-state index contributed by atoms with van der Waals surface area (Å²) in [5, 5.41) is 10.3. The second-order valence-corrected chi connectivity index (χ2v) is 7.33. The molecule has 0 fully saturated rings. The molecule has 1 heterocycles. The predicted octanol–water partition coefficient (Wildman–Crippen LogP) is 3.91. The number of thioether (sulfide) groups is 1. The van der Waals surface area contributed by atoms with Gasteiger partial charge in [-0.1, -0.05) is 29.4 Å². The van der Waals surface area contributed by atoms with Gasteiger partial charge in [-0.3, -0.25) is 9.59 Å². The van der Waals surface area contributed by atoms with Gasteiger partial charge >= 0.3 is 5.97 Å². The van der Waals surface area contributed by atoms with Crippen LogP contribution in [0, 0.1) is 25.2 Å². The number of carbonyl (C=O) groups excluding carboxylic acids is 2. The summed E-state index contributed by atoms with van der Waals surface area (Å²) in [4.78, 5) is 30.5. The van der Waals surface area contributed by atoms with E-state index >= 15 is 0 Å². The van der Waals surface area contributed by atoms with E-state index in [1.54, 1.807) is 31.2 Å². The summed E-state index contributed by atoms with van der Waals surface area (Å²) >= 11 is 7.20. The van der Waals surface area contributed by atoms with Crippen LogP contribution in [0.5, 0.6) is 0 Å². The maximum absolute atomic E-state index is 12.9. The van der Waals surface area contributed by atoms with E-state index < -0.39 is 5.97 Å². The van der Waals surface area contributed by atoms with Crippen molar-refractivity contribution in [1.82, 2.24) is 4.98 Å². The smallest absolute Gasteiger partial charge is 0.326 e. The molecular formula is C20H20ClN3O3S. The zero-order chi connectivity index (χ0) is 20.7. The first-order valence-corrected chi connectivity index (χ1v) is 9.94. The lowest BCUT2D eigenvalue weighted by Crippen LogP contribution is -2.37. The molecule has 0 bridgehead atoms. The SMILES string of the molecule is CCOC(=O)CN(C(=O)CSc1nc(C)cc(C)c1C#N)c1cccc(Cl)c1. The second kappa shape index (κ2) is 10.1. The summed E-state index contributed by atoms with van der Waals surface area (Å²) in [6, 6.07) is 10.7. The number of hydrogen-bond acceptors (Lipinski definition) is 6. The van der Waals surface area contributed by atoms with Crippen molar-refractivity contribution >= 4 is 40.9 Å². The molecule has 1 aromatic carbocycles. The maximum atomic E-state index is 12.9. The number of pyridine rings is 1. The van der Waals surface area contributed by atoms with E-state index in [0.29, 0.717) is 21.3 Å². The van der Waals surface area contributed by atoms with Gasteiger partial charge in [-0.2, -0.15) is 5.26 Å². The number of rotatable bonds is 7. The van der Waals surface area contributed by atoms with Gasteiger partial charge in [-0.15, -0.1) is 0 Å². The van der Waals surface area contributed by atoms with Crippen LogP contribution >= 0.6 is 23.4 Å². The first kappa shape index (κ1) is 21.7. The first-order chi connectivity index (χ1) is 13.3. The summed E-state index contributed by atoms with van der Waals surface area (Å²) in [5.74, 6) is -0.815. The van der Waals surface area contributed by atoms with E-state index in [0.717, 1.165) is 11.3 Å². The van der Waals surface area contributed by atoms with Crippen LogP contribution in [0.2, 0.25) is 5.02 Å². The lowest BCUT2D eigenvalue weighted by molar-refractivity contribution is -0.142. The Kier molecular flexibility index (Phi) is 7.85. The number of aryl methyl sites for hydroxylation is 2. The van der Waals surface area contributed by atoms with E-state index in [4.69, 9.17) is 16.3 Å². The molecule has 0 saturated heterocycles. The zero-order valence-electron chi connectivity index (χ0n) is 15.9. The largest absolute Gasteiger partial charge is 0.465 e. The van der Waals surface area contributed by atoms with E-state index in [9.17, 15) is 14.9 Å². The molecule has 28 heavy (non-hydrogen) atoms. The minimum atomic E-state index is -0.511. The van der Waals surface area contributed by atoms with Crippen LogP contribution in [-0.2, 0) is 14.3 Å². The van der Waals surface area contributed by atoms with Gasteiger partial charge in [0.05, 0.1) is 17.9 Å². The van der Waals surface area contributed by atoms with Crippen molar-refractivity contribution in [2.45, 2.75) is 25.8 Å². The number of carbonyl (C=O) groups is 2. The van der Waals surface area contributed by atoms with E-state index in [1.165, 1.54) is 16.7 Å². The standard InChI is InChI=1S/C20H20ClN3O3S/c1-4-27-19(26)11-24(16-7-5-6-15(21)9-16)18(25)12-28-20-17(10-22)13(2)8-14(3)23-20/h5-9H,4,11-12H2,1-3H3. The normalized spacial score (nSPS) is 10.2. The fourth-order valence-corrected chi connectivity index (χ4v) is 3.71. The summed E-state index contributed by atoms with van der Waals surface area (Å²) in [6.45, 7) is 5.37. The van der Waals surface area contributed by atoms with Gasteiger partial charge in [0.25, 0.3) is 0 Å². The van der Waals surface area contributed by atoms with Crippen molar-refractivity contribution in [2.24, 2.45) is 0 Å². The number of aromatic nitrogens is 1. The number of anilines is 1. The summed E-state index contributed by atoms with van der Waals surface area (Å²) in [6.07, 6.45) is 0.